The van der Waals surface area contributed by atoms with Gasteiger partial charge in [-0.05, 0) is 67.4 Å². The molecule has 1 saturated heterocycles. The second kappa shape index (κ2) is 10.4. The summed E-state index contributed by atoms with van der Waals surface area (Å²) in [5.74, 6) is -0.322. The fraction of sp³-hybridized carbons (Fsp3) is 0.286. The number of piperidine rings is 1. The van der Waals surface area contributed by atoms with E-state index in [1.807, 2.05) is 17.0 Å². The zero-order chi connectivity index (χ0) is 24.4. The maximum Gasteiger partial charge on any atom is 0.256 e. The molecule has 5 nitrogen and oxygen atoms in total. The Bertz CT molecular complexity index is 1270. The van der Waals surface area contributed by atoms with Crippen LogP contribution in [0, 0.1) is 0 Å². The number of halogens is 1. The Morgan fingerprint density at radius 2 is 1.69 bits per heavy atom. The molecule has 0 bridgehead atoms. The molecule has 35 heavy (non-hydrogen) atoms. The fourth-order valence-electron chi connectivity index (χ4n) is 4.94. The minimum atomic E-state index is -0.304. The average Bonchev–Trinajstić information content (AvgIpc) is 3.17. The lowest BCUT2D eigenvalue weighted by molar-refractivity contribution is 0.0766. The summed E-state index contributed by atoms with van der Waals surface area (Å²) in [4.78, 5) is 31.0. The highest BCUT2D eigenvalue weighted by atomic mass is 35.5. The summed E-state index contributed by atoms with van der Waals surface area (Å²) in [6.07, 6.45) is 3.86. The van der Waals surface area contributed by atoms with Crippen molar-refractivity contribution in [2.75, 3.05) is 18.4 Å². The van der Waals surface area contributed by atoms with Crippen LogP contribution in [0.5, 0.6) is 0 Å². The van der Waals surface area contributed by atoms with Crippen LogP contribution < -0.4 is 5.32 Å². The Morgan fingerprint density at radius 3 is 2.49 bits per heavy atom. The van der Waals surface area contributed by atoms with Crippen molar-refractivity contribution in [3.8, 4) is 0 Å². The number of fused-ring (bicyclic) bond motifs is 1. The standard InChI is InChI=1S/C28H28ClN3O2S/c29-21-10-11-26(35)23(15-21)27(33)30-25-9-5-8-22-24(25)18-32(28(22)34)17-20-7-4-6-19(14-20)16-31-12-2-1-3-13-31/h4-11,14-15,35H,1-3,12-13,16-18H2,(H,30,33). The molecule has 0 spiro atoms. The van der Waals surface area contributed by atoms with Gasteiger partial charge in [-0.1, -0.05) is 48.4 Å². The van der Waals surface area contributed by atoms with Gasteiger partial charge in [0.2, 0.25) is 0 Å². The maximum absolute atomic E-state index is 13.2. The van der Waals surface area contributed by atoms with Crippen molar-refractivity contribution in [3.63, 3.8) is 0 Å². The average molecular weight is 506 g/mol. The molecule has 3 aromatic carbocycles. The third-order valence-electron chi connectivity index (χ3n) is 6.71. The lowest BCUT2D eigenvalue weighted by atomic mass is 10.1. The van der Waals surface area contributed by atoms with Crippen LogP contribution in [0.15, 0.2) is 65.6 Å². The number of carbonyl (C=O) groups excluding carboxylic acids is 2. The lowest BCUT2D eigenvalue weighted by Crippen LogP contribution is -2.29. The van der Waals surface area contributed by atoms with Crippen LogP contribution in [0.25, 0.3) is 0 Å². The highest BCUT2D eigenvalue weighted by Gasteiger charge is 2.30. The normalized spacial score (nSPS) is 15.8. The highest BCUT2D eigenvalue weighted by Crippen LogP contribution is 2.31. The number of anilines is 1. The van der Waals surface area contributed by atoms with Crippen LogP contribution in [0.2, 0.25) is 5.02 Å². The molecule has 0 radical (unpaired) electrons. The zero-order valence-electron chi connectivity index (χ0n) is 19.5. The van der Waals surface area contributed by atoms with Gasteiger partial charge < -0.3 is 10.2 Å². The van der Waals surface area contributed by atoms with Gasteiger partial charge in [0.05, 0.1) is 5.56 Å². The zero-order valence-corrected chi connectivity index (χ0v) is 21.1. The van der Waals surface area contributed by atoms with E-state index >= 15 is 0 Å². The van der Waals surface area contributed by atoms with Gasteiger partial charge in [0.15, 0.2) is 0 Å². The van der Waals surface area contributed by atoms with Gasteiger partial charge in [0, 0.05) is 46.4 Å². The van der Waals surface area contributed by atoms with Crippen molar-refractivity contribution >= 4 is 41.7 Å². The monoisotopic (exact) mass is 505 g/mol. The van der Waals surface area contributed by atoms with E-state index < -0.39 is 0 Å². The van der Waals surface area contributed by atoms with E-state index in [1.54, 1.807) is 24.3 Å². The summed E-state index contributed by atoms with van der Waals surface area (Å²) in [5.41, 5.74) is 4.89. The highest BCUT2D eigenvalue weighted by molar-refractivity contribution is 7.80. The molecule has 1 N–H and O–H groups in total. The van der Waals surface area contributed by atoms with Gasteiger partial charge in [-0.25, -0.2) is 0 Å². The van der Waals surface area contributed by atoms with Crippen LogP contribution in [0.1, 0.15) is 56.7 Å². The molecular weight excluding hydrogens is 478 g/mol. The number of hydrogen-bond donors (Lipinski definition) is 2. The number of nitrogens with one attached hydrogen (secondary N) is 1. The first-order valence-electron chi connectivity index (χ1n) is 12.0. The van der Waals surface area contributed by atoms with E-state index in [0.29, 0.717) is 39.8 Å². The predicted molar refractivity (Wildman–Crippen MR) is 142 cm³/mol. The molecule has 2 heterocycles. The third kappa shape index (κ3) is 5.40. The summed E-state index contributed by atoms with van der Waals surface area (Å²) in [6.45, 7) is 4.24. The quantitative estimate of drug-likeness (QED) is 0.402. The van der Waals surface area contributed by atoms with Gasteiger partial charge in [-0.3, -0.25) is 14.5 Å². The molecule has 0 aromatic heterocycles. The van der Waals surface area contributed by atoms with E-state index in [4.69, 9.17) is 11.6 Å². The predicted octanol–water partition coefficient (Wildman–Crippen LogP) is 6.02. The van der Waals surface area contributed by atoms with Gasteiger partial charge >= 0.3 is 0 Å². The van der Waals surface area contributed by atoms with Crippen molar-refractivity contribution in [3.05, 3.63) is 93.5 Å². The number of benzene rings is 3. The largest absolute Gasteiger partial charge is 0.330 e. The van der Waals surface area contributed by atoms with Crippen molar-refractivity contribution in [2.45, 2.75) is 43.8 Å². The van der Waals surface area contributed by atoms with Crippen molar-refractivity contribution < 1.29 is 9.59 Å². The molecule has 180 valence electrons. The smallest absolute Gasteiger partial charge is 0.256 e. The topological polar surface area (TPSA) is 52.7 Å². The molecule has 0 atom stereocenters. The Kier molecular flexibility index (Phi) is 7.14. The molecule has 3 aromatic rings. The molecule has 2 aliphatic rings. The number of likely N-dealkylation sites (tertiary alicyclic amines) is 1. The second-order valence-corrected chi connectivity index (χ2v) is 10.2. The summed E-state index contributed by atoms with van der Waals surface area (Å²) >= 11 is 10.5. The van der Waals surface area contributed by atoms with Crippen LogP contribution in [0.4, 0.5) is 5.69 Å². The van der Waals surface area contributed by atoms with Crippen LogP contribution in [-0.2, 0) is 19.6 Å². The number of nitrogens with zero attached hydrogens (tertiary/aromatic N) is 2. The SMILES string of the molecule is O=C(Nc1cccc2c1CN(Cc1cccc(CN3CCCCC3)c1)C2=O)c1cc(Cl)ccc1S. The Hall–Kier alpha value is -2.80. The molecule has 1 fully saturated rings. The first-order chi connectivity index (χ1) is 17.0. The van der Waals surface area contributed by atoms with E-state index in [1.165, 1.54) is 24.8 Å². The molecule has 0 aliphatic carbocycles. The Balaban J connectivity index is 1.30. The molecule has 0 unspecified atom stereocenters. The van der Waals surface area contributed by atoms with E-state index in [0.717, 1.165) is 30.8 Å². The Labute approximate surface area is 216 Å². The number of carbonyl (C=O) groups is 2. The van der Waals surface area contributed by atoms with Crippen LogP contribution in [-0.4, -0.2) is 34.7 Å². The molecule has 2 amide bonds. The maximum atomic E-state index is 13.2. The summed E-state index contributed by atoms with van der Waals surface area (Å²) in [7, 11) is 0. The molecule has 5 rings (SSSR count). The van der Waals surface area contributed by atoms with Gasteiger partial charge in [-0.2, -0.15) is 0 Å². The Morgan fingerprint density at radius 1 is 0.943 bits per heavy atom. The summed E-state index contributed by atoms with van der Waals surface area (Å²) < 4.78 is 0. The summed E-state index contributed by atoms with van der Waals surface area (Å²) in [6, 6.07) is 19.0. The van der Waals surface area contributed by atoms with Crippen molar-refractivity contribution in [1.29, 1.82) is 0 Å². The molecule has 7 heteroatoms. The van der Waals surface area contributed by atoms with E-state index in [9.17, 15) is 9.59 Å². The van der Waals surface area contributed by atoms with Gasteiger partial charge in [-0.15, -0.1) is 12.6 Å². The minimum absolute atomic E-state index is 0.0184. The van der Waals surface area contributed by atoms with E-state index in [-0.39, 0.29) is 11.8 Å². The number of amides is 2. The van der Waals surface area contributed by atoms with E-state index in [2.05, 4.69) is 47.1 Å². The van der Waals surface area contributed by atoms with Gasteiger partial charge in [0.1, 0.15) is 0 Å². The second-order valence-electron chi connectivity index (χ2n) is 9.27. The lowest BCUT2D eigenvalue weighted by Gasteiger charge is -2.26. The molecule has 0 saturated carbocycles. The first-order valence-corrected chi connectivity index (χ1v) is 12.8. The number of hydrogen-bond acceptors (Lipinski definition) is 4. The van der Waals surface area contributed by atoms with Crippen molar-refractivity contribution in [2.24, 2.45) is 0 Å². The van der Waals surface area contributed by atoms with Crippen LogP contribution >= 0.6 is 24.2 Å². The fourth-order valence-corrected chi connectivity index (χ4v) is 5.35. The molecular formula is C28H28ClN3O2S. The van der Waals surface area contributed by atoms with Crippen molar-refractivity contribution in [1.82, 2.24) is 9.80 Å². The third-order valence-corrected chi connectivity index (χ3v) is 7.34. The number of rotatable bonds is 6. The minimum Gasteiger partial charge on any atom is -0.330 e. The van der Waals surface area contributed by atoms with Gasteiger partial charge in [0.25, 0.3) is 11.8 Å². The van der Waals surface area contributed by atoms with Crippen LogP contribution in [0.3, 0.4) is 0 Å². The molecule has 2 aliphatic heterocycles. The number of thiol groups is 1. The summed E-state index contributed by atoms with van der Waals surface area (Å²) in [5, 5.41) is 3.42. The first kappa shape index (κ1) is 23.9.